The van der Waals surface area contributed by atoms with Crippen LogP contribution in [-0.4, -0.2) is 20.6 Å². The molecule has 0 amide bonds. The normalized spacial score (nSPS) is 20.4. The van der Waals surface area contributed by atoms with Crippen molar-refractivity contribution in [1.82, 2.24) is 14.6 Å². The van der Waals surface area contributed by atoms with Gasteiger partial charge >= 0.3 is 0 Å². The van der Waals surface area contributed by atoms with Gasteiger partial charge in [0.05, 0.1) is 17.6 Å². The Hall–Kier alpha value is -2.60. The summed E-state index contributed by atoms with van der Waals surface area (Å²) in [5, 5.41) is 7.91. The van der Waals surface area contributed by atoms with E-state index < -0.39 is 0 Å². The minimum absolute atomic E-state index is 0.332. The Morgan fingerprint density at radius 2 is 1.88 bits per heavy atom. The fourth-order valence-corrected chi connectivity index (χ4v) is 3.75. The van der Waals surface area contributed by atoms with E-state index in [0.29, 0.717) is 17.8 Å². The zero-order valence-corrected chi connectivity index (χ0v) is 15.4. The Morgan fingerprint density at radius 3 is 2.65 bits per heavy atom. The van der Waals surface area contributed by atoms with E-state index in [-0.39, 0.29) is 0 Å². The minimum atomic E-state index is 0.332. The monoisotopic (exact) mass is 350 g/mol. The molecule has 0 saturated heterocycles. The molecular weight excluding hydrogens is 324 g/mol. The van der Waals surface area contributed by atoms with Gasteiger partial charge in [-0.15, -0.1) is 5.10 Å². The zero-order chi connectivity index (χ0) is 18.3. The second-order valence-corrected chi connectivity index (χ2v) is 7.40. The van der Waals surface area contributed by atoms with Crippen LogP contribution < -0.4 is 16.8 Å². The third kappa shape index (κ3) is 3.12. The van der Waals surface area contributed by atoms with Crippen LogP contribution in [0, 0.1) is 13.8 Å². The highest BCUT2D eigenvalue weighted by Gasteiger charge is 2.23. The van der Waals surface area contributed by atoms with Crippen LogP contribution in [0.1, 0.15) is 48.4 Å². The lowest BCUT2D eigenvalue weighted by Crippen LogP contribution is -2.25. The Labute approximate surface area is 153 Å². The summed E-state index contributed by atoms with van der Waals surface area (Å²) < 4.78 is 1.80. The largest absolute Gasteiger partial charge is 0.382 e. The Morgan fingerprint density at radius 1 is 1.12 bits per heavy atom. The number of nitrogen functional groups attached to an aromatic ring is 1. The molecule has 0 atom stereocenters. The third-order valence-corrected chi connectivity index (χ3v) is 5.53. The minimum Gasteiger partial charge on any atom is -0.382 e. The number of benzene rings is 1. The molecule has 5 N–H and O–H groups in total. The van der Waals surface area contributed by atoms with Gasteiger partial charge < -0.3 is 16.8 Å². The average molecular weight is 350 g/mol. The zero-order valence-electron chi connectivity index (χ0n) is 15.4. The second-order valence-electron chi connectivity index (χ2n) is 7.40. The van der Waals surface area contributed by atoms with Gasteiger partial charge in [-0.05, 0) is 56.7 Å². The van der Waals surface area contributed by atoms with E-state index >= 15 is 0 Å². The van der Waals surface area contributed by atoms with Gasteiger partial charge in [0.15, 0.2) is 5.65 Å². The van der Waals surface area contributed by atoms with Crippen LogP contribution in [0.3, 0.4) is 0 Å². The van der Waals surface area contributed by atoms with Crippen LogP contribution in [0.25, 0.3) is 5.65 Å². The highest BCUT2D eigenvalue weighted by Crippen LogP contribution is 2.33. The van der Waals surface area contributed by atoms with Crippen LogP contribution in [0.5, 0.6) is 0 Å². The maximum Gasteiger partial charge on any atom is 0.177 e. The van der Waals surface area contributed by atoms with E-state index in [2.05, 4.69) is 42.5 Å². The summed E-state index contributed by atoms with van der Waals surface area (Å²) >= 11 is 0. The van der Waals surface area contributed by atoms with Crippen LogP contribution in [0.15, 0.2) is 30.5 Å². The molecule has 26 heavy (non-hydrogen) atoms. The van der Waals surface area contributed by atoms with Crippen molar-refractivity contribution in [2.75, 3.05) is 11.1 Å². The summed E-state index contributed by atoms with van der Waals surface area (Å²) in [5.41, 5.74) is 18.4. The predicted molar refractivity (Wildman–Crippen MR) is 106 cm³/mol. The number of hydrogen-bond acceptors (Lipinski definition) is 5. The Balaban J connectivity index is 1.71. The molecule has 2 heterocycles. The number of hydrogen-bond donors (Lipinski definition) is 3. The van der Waals surface area contributed by atoms with Crippen molar-refractivity contribution in [3.63, 3.8) is 0 Å². The van der Waals surface area contributed by atoms with Gasteiger partial charge in [-0.2, -0.15) is 0 Å². The van der Waals surface area contributed by atoms with E-state index in [9.17, 15) is 0 Å². The molecule has 0 radical (unpaired) electrons. The van der Waals surface area contributed by atoms with Crippen molar-refractivity contribution in [2.45, 2.75) is 51.5 Å². The third-order valence-electron chi connectivity index (χ3n) is 5.53. The predicted octanol–water partition coefficient (Wildman–Crippen LogP) is 3.66. The first-order valence-electron chi connectivity index (χ1n) is 9.26. The van der Waals surface area contributed by atoms with E-state index in [1.54, 1.807) is 4.52 Å². The van der Waals surface area contributed by atoms with Gasteiger partial charge in [0.25, 0.3) is 0 Å². The average Bonchev–Trinajstić information content (AvgIpc) is 3.03. The summed E-state index contributed by atoms with van der Waals surface area (Å²) in [6.07, 6.45) is 6.30. The molecular formula is C20H26N6. The molecule has 136 valence electrons. The van der Waals surface area contributed by atoms with Gasteiger partial charge in [-0.3, -0.25) is 0 Å². The molecule has 1 saturated carbocycles. The molecule has 1 fully saturated rings. The molecule has 0 spiro atoms. The number of nitrogens with one attached hydrogen (secondary N) is 1. The molecule has 0 aliphatic heterocycles. The van der Waals surface area contributed by atoms with Crippen LogP contribution in [-0.2, 0) is 0 Å². The number of fused-ring (bicyclic) bond motifs is 1. The fraction of sp³-hybridized carbons (Fsp3) is 0.400. The molecule has 6 nitrogen and oxygen atoms in total. The number of anilines is 3. The SMILES string of the molecule is Cc1cccc(Nc2cc(N)nn3cc(C4CCC(N)CC4)nc23)c1C. The first-order chi connectivity index (χ1) is 12.5. The Kier molecular flexibility index (Phi) is 4.28. The lowest BCUT2D eigenvalue weighted by atomic mass is 9.85. The van der Waals surface area contributed by atoms with Crippen molar-refractivity contribution in [3.8, 4) is 0 Å². The molecule has 3 aromatic rings. The first kappa shape index (κ1) is 16.8. The highest BCUT2D eigenvalue weighted by molar-refractivity contribution is 5.77. The van der Waals surface area contributed by atoms with Gasteiger partial charge in [-0.25, -0.2) is 9.50 Å². The number of rotatable bonds is 3. The molecule has 2 aromatic heterocycles. The second kappa shape index (κ2) is 6.61. The van der Waals surface area contributed by atoms with Crippen molar-refractivity contribution in [1.29, 1.82) is 0 Å². The fourth-order valence-electron chi connectivity index (χ4n) is 3.75. The van der Waals surface area contributed by atoms with Gasteiger partial charge in [0.1, 0.15) is 5.82 Å². The molecule has 4 rings (SSSR count). The van der Waals surface area contributed by atoms with Gasteiger partial charge in [-0.1, -0.05) is 12.1 Å². The topological polar surface area (TPSA) is 94.3 Å². The molecule has 0 unspecified atom stereocenters. The summed E-state index contributed by atoms with van der Waals surface area (Å²) in [4.78, 5) is 4.89. The molecule has 6 heteroatoms. The maximum atomic E-state index is 6.04. The first-order valence-corrected chi connectivity index (χ1v) is 9.26. The van der Waals surface area contributed by atoms with E-state index in [1.165, 1.54) is 11.1 Å². The Bertz CT molecular complexity index is 937. The molecule has 1 aliphatic rings. The van der Waals surface area contributed by atoms with Crippen LogP contribution >= 0.6 is 0 Å². The quantitative estimate of drug-likeness (QED) is 0.670. The number of imidazole rings is 1. The smallest absolute Gasteiger partial charge is 0.177 e. The van der Waals surface area contributed by atoms with E-state index in [0.717, 1.165) is 48.4 Å². The van der Waals surface area contributed by atoms with Crippen molar-refractivity contribution >= 4 is 22.8 Å². The number of aryl methyl sites for hydroxylation is 1. The number of nitrogens with two attached hydrogens (primary N) is 2. The van der Waals surface area contributed by atoms with Crippen molar-refractivity contribution < 1.29 is 0 Å². The lowest BCUT2D eigenvalue weighted by Gasteiger charge is -2.24. The molecule has 0 bridgehead atoms. The van der Waals surface area contributed by atoms with Crippen LogP contribution in [0.4, 0.5) is 17.2 Å². The molecule has 1 aliphatic carbocycles. The summed E-state index contributed by atoms with van der Waals surface area (Å²) in [7, 11) is 0. The number of nitrogens with zero attached hydrogens (tertiary/aromatic N) is 3. The maximum absolute atomic E-state index is 6.04. The summed E-state index contributed by atoms with van der Waals surface area (Å²) in [5.74, 6) is 0.922. The van der Waals surface area contributed by atoms with E-state index in [1.807, 2.05) is 12.3 Å². The van der Waals surface area contributed by atoms with Crippen molar-refractivity contribution in [2.24, 2.45) is 5.73 Å². The van der Waals surface area contributed by atoms with Gasteiger partial charge in [0, 0.05) is 23.7 Å². The number of aromatic nitrogens is 3. The van der Waals surface area contributed by atoms with Gasteiger partial charge in [0.2, 0.25) is 0 Å². The lowest BCUT2D eigenvalue weighted by molar-refractivity contribution is 0.391. The summed E-state index contributed by atoms with van der Waals surface area (Å²) in [6.45, 7) is 4.22. The standard InChI is InChI=1S/C20H26N6/c1-12-4-3-5-16(13(12)2)23-17-10-19(22)25-26-11-18(24-20(17)26)14-6-8-15(21)9-7-14/h3-5,10-11,14-15,23H,6-9,21H2,1-2H3,(H2,22,25). The molecule has 1 aromatic carbocycles. The van der Waals surface area contributed by atoms with Crippen molar-refractivity contribution in [3.05, 3.63) is 47.3 Å². The van der Waals surface area contributed by atoms with Crippen LogP contribution in [0.2, 0.25) is 0 Å². The highest BCUT2D eigenvalue weighted by atomic mass is 15.3. The summed E-state index contributed by atoms with van der Waals surface area (Å²) in [6, 6.07) is 8.41. The van der Waals surface area contributed by atoms with E-state index in [4.69, 9.17) is 16.5 Å².